The third-order valence-electron chi connectivity index (χ3n) is 6.61. The maximum Gasteiger partial charge on any atom is 0.305 e. The Labute approximate surface area is 273 Å². The first-order valence-corrected chi connectivity index (χ1v) is 15.4. The number of nitro groups is 1. The molecule has 3 aromatic carbocycles. The smallest absolute Gasteiger partial charge is 0.305 e. The molecule has 47 heavy (non-hydrogen) atoms. The number of carbonyl (C=O) groups is 2. The Kier molecular flexibility index (Phi) is 14.2. The van der Waals surface area contributed by atoms with Gasteiger partial charge in [0.15, 0.2) is 0 Å². The van der Waals surface area contributed by atoms with E-state index < -0.39 is 4.92 Å². The second kappa shape index (κ2) is 18.5. The molecule has 0 fully saturated rings. The van der Waals surface area contributed by atoms with Crippen LogP contribution < -0.4 is 14.4 Å². The highest BCUT2D eigenvalue weighted by molar-refractivity contribution is 5.69. The van der Waals surface area contributed by atoms with Gasteiger partial charge in [-0.2, -0.15) is 10.2 Å². The minimum absolute atomic E-state index is 0.0427. The average Bonchev–Trinajstić information content (AvgIpc) is 3.07. The van der Waals surface area contributed by atoms with Gasteiger partial charge >= 0.3 is 11.9 Å². The van der Waals surface area contributed by atoms with Gasteiger partial charge in [-0.3, -0.25) is 19.7 Å². The van der Waals surface area contributed by atoms with E-state index in [1.54, 1.807) is 26.0 Å². The number of hydrogen-bond acceptors (Lipinski definition) is 13. The molecule has 0 aliphatic rings. The minimum Gasteiger partial charge on any atom is -0.491 e. The summed E-state index contributed by atoms with van der Waals surface area (Å²) in [5, 5.41) is 28.4. The second-order valence-corrected chi connectivity index (χ2v) is 9.93. The van der Waals surface area contributed by atoms with E-state index in [4.69, 9.17) is 18.9 Å². The number of hydrogen-bond donors (Lipinski definition) is 0. The van der Waals surface area contributed by atoms with Crippen molar-refractivity contribution < 1.29 is 33.5 Å². The lowest BCUT2D eigenvalue weighted by Crippen LogP contribution is -2.32. The Morgan fingerprint density at radius 1 is 0.723 bits per heavy atom. The van der Waals surface area contributed by atoms with Crippen molar-refractivity contribution in [3.63, 3.8) is 0 Å². The molecule has 0 unspecified atom stereocenters. The molecule has 0 aromatic heterocycles. The maximum atomic E-state index is 11.6. The number of ether oxygens (including phenoxy) is 4. The number of aryl methyl sites for hydroxylation is 1. The number of azo groups is 2. The number of rotatable bonds is 18. The number of anilines is 1. The van der Waals surface area contributed by atoms with E-state index >= 15 is 0 Å². The lowest BCUT2D eigenvalue weighted by atomic mass is 10.1. The van der Waals surface area contributed by atoms with Crippen LogP contribution in [0.1, 0.15) is 46.1 Å². The van der Waals surface area contributed by atoms with Crippen LogP contribution in [0.4, 0.5) is 34.1 Å². The van der Waals surface area contributed by atoms with E-state index in [1.807, 2.05) is 43.9 Å². The van der Waals surface area contributed by atoms with Gasteiger partial charge in [0.2, 0.25) is 0 Å². The third kappa shape index (κ3) is 11.2. The van der Waals surface area contributed by atoms with E-state index in [-0.39, 0.29) is 30.8 Å². The summed E-state index contributed by atoms with van der Waals surface area (Å²) in [4.78, 5) is 35.7. The summed E-state index contributed by atoms with van der Waals surface area (Å²) < 4.78 is 22.2. The first-order chi connectivity index (χ1) is 22.7. The van der Waals surface area contributed by atoms with E-state index in [9.17, 15) is 19.7 Å². The highest BCUT2D eigenvalue weighted by Crippen LogP contribution is 2.41. The fourth-order valence-corrected chi connectivity index (χ4v) is 4.16. The zero-order valence-electron chi connectivity index (χ0n) is 27.3. The van der Waals surface area contributed by atoms with Crippen LogP contribution in [0.25, 0.3) is 0 Å². The Balaban J connectivity index is 1.86. The lowest BCUT2D eigenvalue weighted by molar-refractivity contribution is -0.384. The van der Waals surface area contributed by atoms with Crippen LogP contribution in [0.5, 0.6) is 11.5 Å². The molecule has 14 heteroatoms. The summed E-state index contributed by atoms with van der Waals surface area (Å²) in [6.07, 6.45) is 0.581. The summed E-state index contributed by atoms with van der Waals surface area (Å²) in [6.45, 7) is 11.0. The predicted molar refractivity (Wildman–Crippen MR) is 176 cm³/mol. The van der Waals surface area contributed by atoms with Crippen LogP contribution in [0.2, 0.25) is 0 Å². The molecule has 0 heterocycles. The fourth-order valence-electron chi connectivity index (χ4n) is 4.16. The topological polar surface area (TPSA) is 167 Å². The van der Waals surface area contributed by atoms with Crippen LogP contribution in [0, 0.1) is 17.0 Å². The molecule has 0 aliphatic heterocycles. The van der Waals surface area contributed by atoms with Crippen molar-refractivity contribution in [1.29, 1.82) is 0 Å². The monoisotopic (exact) mass is 648 g/mol. The number of carbonyl (C=O) groups excluding carboxylic acids is 2. The van der Waals surface area contributed by atoms with Crippen molar-refractivity contribution >= 4 is 46.1 Å². The van der Waals surface area contributed by atoms with E-state index in [0.29, 0.717) is 73.4 Å². The molecule has 3 rings (SSSR count). The molecular weight excluding hydrogens is 608 g/mol. The number of benzene rings is 3. The summed E-state index contributed by atoms with van der Waals surface area (Å²) in [5.74, 6) is 0.259. The molecule has 0 bridgehead atoms. The third-order valence-corrected chi connectivity index (χ3v) is 6.61. The molecule has 0 aliphatic carbocycles. The lowest BCUT2D eigenvalue weighted by Gasteiger charge is -2.25. The summed E-state index contributed by atoms with van der Waals surface area (Å²) in [7, 11) is 0. The zero-order chi connectivity index (χ0) is 34.2. The first kappa shape index (κ1) is 36.1. The molecule has 0 N–H and O–H groups in total. The van der Waals surface area contributed by atoms with Crippen LogP contribution in [0.3, 0.4) is 0 Å². The van der Waals surface area contributed by atoms with Gasteiger partial charge in [0.25, 0.3) is 5.69 Å². The number of esters is 2. The SMILES string of the molecule is CCOc1cc(N=Nc2ccc(N(CCOC(=O)CC)CCOC(=O)CC)cc2C)c(OCC)cc1N=Nc1ccc([N+](=O)[O-])cc1. The molecule has 0 saturated carbocycles. The zero-order valence-corrected chi connectivity index (χ0v) is 27.3. The van der Waals surface area contributed by atoms with Gasteiger partial charge in [-0.05, 0) is 56.7 Å². The Hall–Kier alpha value is -5.40. The van der Waals surface area contributed by atoms with Crippen molar-refractivity contribution in [2.75, 3.05) is 44.4 Å². The van der Waals surface area contributed by atoms with Crippen LogP contribution in [0.15, 0.2) is 75.1 Å². The normalized spacial score (nSPS) is 11.1. The van der Waals surface area contributed by atoms with Crippen LogP contribution in [-0.4, -0.2) is 56.4 Å². The molecule has 0 saturated heterocycles. The number of nitro benzene ring substituents is 1. The predicted octanol–water partition coefficient (Wildman–Crippen LogP) is 8.24. The van der Waals surface area contributed by atoms with Crippen LogP contribution >= 0.6 is 0 Å². The van der Waals surface area contributed by atoms with Crippen LogP contribution in [-0.2, 0) is 19.1 Å². The van der Waals surface area contributed by atoms with E-state index in [1.165, 1.54) is 24.3 Å². The Bertz CT molecular complexity index is 1550. The van der Waals surface area contributed by atoms with Gasteiger partial charge in [-0.1, -0.05) is 13.8 Å². The molecular formula is C33H40N6O8. The molecule has 250 valence electrons. The van der Waals surface area contributed by atoms with Crippen molar-refractivity contribution in [3.05, 3.63) is 70.3 Å². The first-order valence-electron chi connectivity index (χ1n) is 15.4. The van der Waals surface area contributed by atoms with Gasteiger partial charge in [0.1, 0.15) is 36.1 Å². The molecule has 0 radical (unpaired) electrons. The Morgan fingerprint density at radius 2 is 1.23 bits per heavy atom. The van der Waals surface area contributed by atoms with Gasteiger partial charge in [-0.25, -0.2) is 0 Å². The largest absolute Gasteiger partial charge is 0.491 e. The summed E-state index contributed by atoms with van der Waals surface area (Å²) >= 11 is 0. The van der Waals surface area contributed by atoms with Gasteiger partial charge < -0.3 is 23.8 Å². The van der Waals surface area contributed by atoms with E-state index in [0.717, 1.165) is 11.3 Å². The fraction of sp³-hybridized carbons (Fsp3) is 0.394. The Morgan fingerprint density at radius 3 is 1.70 bits per heavy atom. The quantitative estimate of drug-likeness (QED) is 0.0571. The number of nitrogens with zero attached hydrogens (tertiary/aromatic N) is 6. The molecule has 14 nitrogen and oxygen atoms in total. The molecule has 0 atom stereocenters. The van der Waals surface area contributed by atoms with Crippen molar-refractivity contribution in [3.8, 4) is 11.5 Å². The summed E-state index contributed by atoms with van der Waals surface area (Å²) in [6, 6.07) is 14.7. The molecule has 0 spiro atoms. The number of non-ortho nitro benzene ring substituents is 1. The van der Waals surface area contributed by atoms with E-state index in [2.05, 4.69) is 20.5 Å². The van der Waals surface area contributed by atoms with Crippen molar-refractivity contribution in [2.24, 2.45) is 20.5 Å². The van der Waals surface area contributed by atoms with Gasteiger partial charge in [0, 0.05) is 42.8 Å². The van der Waals surface area contributed by atoms with Crippen molar-refractivity contribution in [2.45, 2.75) is 47.5 Å². The van der Waals surface area contributed by atoms with Gasteiger partial charge in [0.05, 0.1) is 42.6 Å². The molecule has 3 aromatic rings. The maximum absolute atomic E-state index is 11.6. The van der Waals surface area contributed by atoms with Crippen molar-refractivity contribution in [1.82, 2.24) is 0 Å². The standard InChI is InChI=1S/C33H40N6O8/c1-6-32(40)46-18-16-38(17-19-47-33(41)7-2)26-14-15-27(23(5)20-26)35-37-29-22-30(44-8-3)28(21-31(29)45-9-4)36-34-24-10-12-25(13-11-24)39(42)43/h10-15,20-22H,6-9,16-19H2,1-5H3. The highest BCUT2D eigenvalue weighted by atomic mass is 16.6. The van der Waals surface area contributed by atoms with Gasteiger partial charge in [-0.15, -0.1) is 10.2 Å². The highest BCUT2D eigenvalue weighted by Gasteiger charge is 2.14. The second-order valence-electron chi connectivity index (χ2n) is 9.93. The molecule has 0 amide bonds. The summed E-state index contributed by atoms with van der Waals surface area (Å²) in [5.41, 5.74) is 3.50. The average molecular weight is 649 g/mol. The minimum atomic E-state index is -0.482.